The van der Waals surface area contributed by atoms with Crippen LogP contribution in [0.25, 0.3) is 0 Å². The smallest absolute Gasteiger partial charge is 0.408 e. The normalized spacial score (nSPS) is 22.2. The Morgan fingerprint density at radius 1 is 1.56 bits per heavy atom. The molecule has 1 amide bonds. The van der Waals surface area contributed by atoms with Crippen molar-refractivity contribution in [3.8, 4) is 5.75 Å². The van der Waals surface area contributed by atoms with Gasteiger partial charge in [-0.1, -0.05) is 12.1 Å². The molecule has 1 aliphatic rings. The third-order valence-corrected chi connectivity index (χ3v) is 2.70. The fourth-order valence-corrected chi connectivity index (χ4v) is 1.88. The van der Waals surface area contributed by atoms with Gasteiger partial charge in [0, 0.05) is 0 Å². The van der Waals surface area contributed by atoms with E-state index in [0.29, 0.717) is 6.42 Å². The van der Waals surface area contributed by atoms with Crippen LogP contribution in [0.5, 0.6) is 5.75 Å². The van der Waals surface area contributed by atoms with Gasteiger partial charge in [0.25, 0.3) is 0 Å². The van der Waals surface area contributed by atoms with Crippen LogP contribution < -0.4 is 5.32 Å². The highest BCUT2D eigenvalue weighted by Crippen LogP contribution is 2.18. The number of carbonyl (C=O) groups excluding carboxylic acids is 2. The summed E-state index contributed by atoms with van der Waals surface area (Å²) in [5.74, 6) is -0.467. The molecule has 0 aromatic heterocycles. The Morgan fingerprint density at radius 3 is 3.00 bits per heavy atom. The van der Waals surface area contributed by atoms with Gasteiger partial charge in [-0.3, -0.25) is 0 Å². The Hall–Kier alpha value is -2.24. The Balaban J connectivity index is 2.12. The van der Waals surface area contributed by atoms with Crippen molar-refractivity contribution in [2.45, 2.75) is 18.6 Å². The van der Waals surface area contributed by atoms with Crippen LogP contribution in [0, 0.1) is 0 Å². The number of aromatic hydroxyl groups is 1. The Morgan fingerprint density at radius 2 is 2.33 bits per heavy atom. The van der Waals surface area contributed by atoms with Crippen molar-refractivity contribution in [2.24, 2.45) is 0 Å². The van der Waals surface area contributed by atoms with Crippen molar-refractivity contribution in [3.63, 3.8) is 0 Å². The molecule has 1 aromatic carbocycles. The predicted molar refractivity (Wildman–Crippen MR) is 61.0 cm³/mol. The molecule has 1 heterocycles. The molecule has 1 aliphatic heterocycles. The van der Waals surface area contributed by atoms with Gasteiger partial charge in [0.2, 0.25) is 6.10 Å². The van der Waals surface area contributed by atoms with Gasteiger partial charge in [-0.05, 0) is 24.1 Å². The van der Waals surface area contributed by atoms with Gasteiger partial charge < -0.3 is 19.9 Å². The topological polar surface area (TPSA) is 84.9 Å². The van der Waals surface area contributed by atoms with E-state index in [1.165, 1.54) is 7.11 Å². The Labute approximate surface area is 104 Å². The highest BCUT2D eigenvalue weighted by molar-refractivity contribution is 5.83. The van der Waals surface area contributed by atoms with Gasteiger partial charge in [0.1, 0.15) is 5.75 Å². The van der Waals surface area contributed by atoms with E-state index in [-0.39, 0.29) is 5.75 Å². The maximum atomic E-state index is 11.4. The molecular formula is C12H13NO5. The van der Waals surface area contributed by atoms with E-state index < -0.39 is 24.2 Å². The molecule has 0 bridgehead atoms. The van der Waals surface area contributed by atoms with Crippen molar-refractivity contribution in [3.05, 3.63) is 29.8 Å². The van der Waals surface area contributed by atoms with Gasteiger partial charge in [-0.15, -0.1) is 0 Å². The molecule has 0 radical (unpaired) electrons. The lowest BCUT2D eigenvalue weighted by molar-refractivity contribution is -0.149. The number of nitrogens with one attached hydrogen (secondary N) is 1. The number of rotatable bonds is 3. The van der Waals surface area contributed by atoms with Gasteiger partial charge in [0.15, 0.2) is 0 Å². The van der Waals surface area contributed by atoms with E-state index in [9.17, 15) is 14.7 Å². The quantitative estimate of drug-likeness (QED) is 0.768. The first-order valence-corrected chi connectivity index (χ1v) is 5.43. The second-order valence-electron chi connectivity index (χ2n) is 3.97. The summed E-state index contributed by atoms with van der Waals surface area (Å²) in [7, 11) is 1.24. The standard InChI is InChI=1S/C12H13NO5/c1-17-11(15)10-9(13-12(16)18-10)6-7-3-2-4-8(14)5-7/h2-5,9-10,14H,6H2,1H3,(H,13,16)/t9-,10-/m0/s1. The lowest BCUT2D eigenvalue weighted by Gasteiger charge is -2.14. The average molecular weight is 251 g/mol. The molecule has 2 atom stereocenters. The van der Waals surface area contributed by atoms with Crippen LogP contribution in [0.3, 0.4) is 0 Å². The van der Waals surface area contributed by atoms with Gasteiger partial charge in [-0.25, -0.2) is 9.59 Å². The summed E-state index contributed by atoms with van der Waals surface area (Å²) in [6, 6.07) is 6.10. The highest BCUT2D eigenvalue weighted by atomic mass is 16.6. The van der Waals surface area contributed by atoms with Crippen molar-refractivity contribution >= 4 is 12.1 Å². The molecule has 6 nitrogen and oxygen atoms in total. The molecular weight excluding hydrogens is 238 g/mol. The van der Waals surface area contributed by atoms with Crippen molar-refractivity contribution in [1.82, 2.24) is 5.32 Å². The number of cyclic esters (lactones) is 1. The fourth-order valence-electron chi connectivity index (χ4n) is 1.88. The van der Waals surface area contributed by atoms with Crippen LogP contribution in [0.2, 0.25) is 0 Å². The summed E-state index contributed by atoms with van der Waals surface area (Å²) in [4.78, 5) is 22.6. The number of esters is 1. The maximum absolute atomic E-state index is 11.4. The zero-order chi connectivity index (χ0) is 13.1. The molecule has 1 fully saturated rings. The number of hydrogen-bond donors (Lipinski definition) is 2. The predicted octanol–water partition coefficient (Wildman–Crippen LogP) is 0.585. The molecule has 96 valence electrons. The van der Waals surface area contributed by atoms with E-state index >= 15 is 0 Å². The monoisotopic (exact) mass is 251 g/mol. The summed E-state index contributed by atoms with van der Waals surface area (Å²) in [5.41, 5.74) is 0.791. The second-order valence-corrected chi connectivity index (χ2v) is 3.97. The van der Waals surface area contributed by atoms with Crippen LogP contribution in [0.15, 0.2) is 24.3 Å². The number of phenols is 1. The molecule has 2 N–H and O–H groups in total. The molecule has 6 heteroatoms. The van der Waals surface area contributed by atoms with Crippen LogP contribution >= 0.6 is 0 Å². The second kappa shape index (κ2) is 4.95. The van der Waals surface area contributed by atoms with Crippen LogP contribution in [-0.4, -0.2) is 36.4 Å². The molecule has 1 aromatic rings. The van der Waals surface area contributed by atoms with Crippen molar-refractivity contribution in [2.75, 3.05) is 7.11 Å². The number of alkyl carbamates (subject to hydrolysis) is 1. The van der Waals surface area contributed by atoms with E-state index in [1.54, 1.807) is 24.3 Å². The van der Waals surface area contributed by atoms with Gasteiger partial charge >= 0.3 is 12.1 Å². The summed E-state index contributed by atoms with van der Waals surface area (Å²) < 4.78 is 9.41. The fraction of sp³-hybridized carbons (Fsp3) is 0.333. The van der Waals surface area contributed by atoms with Gasteiger partial charge in [-0.2, -0.15) is 0 Å². The first-order valence-electron chi connectivity index (χ1n) is 5.43. The number of ether oxygens (including phenoxy) is 2. The minimum Gasteiger partial charge on any atom is -0.508 e. The summed E-state index contributed by atoms with van der Waals surface area (Å²) in [6.45, 7) is 0. The van der Waals surface area contributed by atoms with E-state index in [0.717, 1.165) is 5.56 Å². The highest BCUT2D eigenvalue weighted by Gasteiger charge is 2.40. The number of hydrogen-bond acceptors (Lipinski definition) is 5. The SMILES string of the molecule is COC(=O)[C@H]1OC(=O)N[C@H]1Cc1cccc(O)c1. The summed E-state index contributed by atoms with van der Waals surface area (Å²) in [6.07, 6.45) is -1.22. The molecule has 0 saturated carbocycles. The Kier molecular flexibility index (Phi) is 3.36. The number of methoxy groups -OCH3 is 1. The van der Waals surface area contributed by atoms with Crippen LogP contribution in [0.4, 0.5) is 4.79 Å². The molecule has 0 unspecified atom stereocenters. The van der Waals surface area contributed by atoms with Gasteiger partial charge in [0.05, 0.1) is 13.2 Å². The van der Waals surface area contributed by atoms with Crippen LogP contribution in [-0.2, 0) is 20.7 Å². The number of benzene rings is 1. The van der Waals surface area contributed by atoms with Crippen LogP contribution in [0.1, 0.15) is 5.56 Å². The number of carbonyl (C=O) groups is 2. The zero-order valence-corrected chi connectivity index (χ0v) is 9.75. The third-order valence-electron chi connectivity index (χ3n) is 2.70. The van der Waals surface area contributed by atoms with E-state index in [1.807, 2.05) is 0 Å². The number of phenolic OH excluding ortho intramolecular Hbond substituents is 1. The number of amides is 1. The summed E-state index contributed by atoms with van der Waals surface area (Å²) >= 11 is 0. The summed E-state index contributed by atoms with van der Waals surface area (Å²) in [5, 5.41) is 11.9. The lowest BCUT2D eigenvalue weighted by atomic mass is 10.0. The van der Waals surface area contributed by atoms with E-state index in [4.69, 9.17) is 4.74 Å². The first kappa shape index (κ1) is 12.2. The minimum absolute atomic E-state index is 0.132. The van der Waals surface area contributed by atoms with Crippen molar-refractivity contribution < 1.29 is 24.2 Å². The first-order chi connectivity index (χ1) is 8.60. The molecule has 18 heavy (non-hydrogen) atoms. The lowest BCUT2D eigenvalue weighted by Crippen LogP contribution is -2.38. The molecule has 2 rings (SSSR count). The minimum atomic E-state index is -0.954. The Bertz CT molecular complexity index is 473. The molecule has 0 spiro atoms. The maximum Gasteiger partial charge on any atom is 0.408 e. The van der Waals surface area contributed by atoms with Crippen molar-refractivity contribution in [1.29, 1.82) is 0 Å². The third kappa shape index (κ3) is 2.53. The van der Waals surface area contributed by atoms with E-state index in [2.05, 4.69) is 10.1 Å². The largest absolute Gasteiger partial charge is 0.508 e. The average Bonchev–Trinajstić information content (AvgIpc) is 2.69. The zero-order valence-electron chi connectivity index (χ0n) is 9.75. The molecule has 1 saturated heterocycles. The molecule has 0 aliphatic carbocycles.